The molecule has 0 aromatic carbocycles. The Kier molecular flexibility index (Phi) is 6.60. The first kappa shape index (κ1) is 21.3. The van der Waals surface area contributed by atoms with Gasteiger partial charge in [-0.2, -0.15) is 0 Å². The molecule has 4 atom stereocenters. The summed E-state index contributed by atoms with van der Waals surface area (Å²) in [5.41, 5.74) is 0. The molecule has 3 heterocycles. The van der Waals surface area contributed by atoms with E-state index in [9.17, 15) is 24.0 Å². The number of piperazine rings is 2. The second kappa shape index (κ2) is 8.97. The van der Waals surface area contributed by atoms with Gasteiger partial charge >= 0.3 is 5.97 Å². The summed E-state index contributed by atoms with van der Waals surface area (Å²) in [5.74, 6) is -2.33. The molecular weight excluding hydrogens is 382 g/mol. The number of imide groups is 2. The summed E-state index contributed by atoms with van der Waals surface area (Å²) in [6, 6.07) is -1.46. The Morgan fingerprint density at radius 2 is 1.69 bits per heavy atom. The van der Waals surface area contributed by atoms with Gasteiger partial charge in [0.15, 0.2) is 0 Å². The molecule has 0 aromatic heterocycles. The van der Waals surface area contributed by atoms with Gasteiger partial charge in [0, 0.05) is 18.6 Å². The summed E-state index contributed by atoms with van der Waals surface area (Å²) in [7, 11) is 0. The SMILES string of the molecule is CC(C(C)N1CC(=O)NC(=O)C1COC(=O)C1CCNC1)N1CC(=O)NC(=O)C1. The monoisotopic (exact) mass is 409 g/mol. The lowest BCUT2D eigenvalue weighted by Gasteiger charge is -2.43. The number of hydrogen-bond donors (Lipinski definition) is 3. The van der Waals surface area contributed by atoms with Crippen molar-refractivity contribution in [2.45, 2.75) is 38.4 Å². The van der Waals surface area contributed by atoms with Crippen LogP contribution in [-0.2, 0) is 28.7 Å². The molecule has 3 rings (SSSR count). The lowest BCUT2D eigenvalue weighted by Crippen LogP contribution is -2.66. The van der Waals surface area contributed by atoms with Crippen molar-refractivity contribution in [2.24, 2.45) is 5.92 Å². The van der Waals surface area contributed by atoms with Gasteiger partial charge in [0.2, 0.25) is 23.6 Å². The molecule has 160 valence electrons. The van der Waals surface area contributed by atoms with Crippen molar-refractivity contribution in [3.8, 4) is 0 Å². The van der Waals surface area contributed by atoms with E-state index in [1.165, 1.54) is 0 Å². The minimum Gasteiger partial charge on any atom is -0.463 e. The van der Waals surface area contributed by atoms with Crippen LogP contribution < -0.4 is 16.0 Å². The molecule has 3 fully saturated rings. The van der Waals surface area contributed by atoms with Crippen molar-refractivity contribution in [1.82, 2.24) is 25.8 Å². The Balaban J connectivity index is 1.67. The third kappa shape index (κ3) is 4.98. The molecule has 0 radical (unpaired) electrons. The summed E-state index contributed by atoms with van der Waals surface area (Å²) in [6.45, 7) is 4.86. The molecule has 4 amide bonds. The predicted molar refractivity (Wildman–Crippen MR) is 99.2 cm³/mol. The zero-order chi connectivity index (χ0) is 21.1. The van der Waals surface area contributed by atoms with E-state index in [2.05, 4.69) is 16.0 Å². The number of hydrogen-bond acceptors (Lipinski definition) is 9. The fourth-order valence-electron chi connectivity index (χ4n) is 3.95. The van der Waals surface area contributed by atoms with E-state index < -0.39 is 17.9 Å². The standard InChI is InChI=1S/C18H27N5O6/c1-10(22-6-14(24)20-15(25)7-22)11(2)23-8-16(26)21-17(27)13(23)9-29-18(28)12-3-4-19-5-12/h10-13,19H,3-9H2,1-2H3,(H,20,24,25)(H,21,26,27). The number of nitrogens with one attached hydrogen (secondary N) is 3. The Morgan fingerprint density at radius 1 is 1.03 bits per heavy atom. The molecule has 3 aliphatic heterocycles. The summed E-state index contributed by atoms with van der Waals surface area (Å²) in [6.07, 6.45) is 0.691. The number of rotatable bonds is 6. The molecule has 0 bridgehead atoms. The average molecular weight is 409 g/mol. The summed E-state index contributed by atoms with van der Waals surface area (Å²) in [5, 5.41) is 7.63. The van der Waals surface area contributed by atoms with E-state index in [-0.39, 0.29) is 62.0 Å². The van der Waals surface area contributed by atoms with Crippen molar-refractivity contribution in [2.75, 3.05) is 39.3 Å². The van der Waals surface area contributed by atoms with E-state index >= 15 is 0 Å². The van der Waals surface area contributed by atoms with Crippen molar-refractivity contribution >= 4 is 29.6 Å². The normalized spacial score (nSPS) is 28.6. The second-order valence-electron chi connectivity index (χ2n) is 7.78. The highest BCUT2D eigenvalue weighted by atomic mass is 16.5. The van der Waals surface area contributed by atoms with E-state index in [1.807, 2.05) is 13.8 Å². The minimum atomic E-state index is -0.821. The Labute approximate surface area is 168 Å². The highest BCUT2D eigenvalue weighted by Gasteiger charge is 2.41. The van der Waals surface area contributed by atoms with E-state index in [0.29, 0.717) is 13.0 Å². The molecule has 29 heavy (non-hydrogen) atoms. The van der Waals surface area contributed by atoms with Gasteiger partial charge < -0.3 is 10.1 Å². The third-order valence-electron chi connectivity index (χ3n) is 5.84. The molecule has 11 heteroatoms. The van der Waals surface area contributed by atoms with Crippen molar-refractivity contribution in [1.29, 1.82) is 0 Å². The number of amides is 4. The Bertz CT molecular complexity index is 691. The number of nitrogens with zero attached hydrogens (tertiary/aromatic N) is 2. The van der Waals surface area contributed by atoms with E-state index in [1.54, 1.807) is 9.80 Å². The van der Waals surface area contributed by atoms with Gasteiger partial charge in [-0.15, -0.1) is 0 Å². The summed E-state index contributed by atoms with van der Waals surface area (Å²) in [4.78, 5) is 63.4. The minimum absolute atomic E-state index is 0.0432. The maximum absolute atomic E-state index is 12.4. The van der Waals surface area contributed by atoms with Crippen LogP contribution >= 0.6 is 0 Å². The zero-order valence-electron chi connectivity index (χ0n) is 16.6. The summed E-state index contributed by atoms with van der Waals surface area (Å²) < 4.78 is 5.39. The van der Waals surface area contributed by atoms with Gasteiger partial charge in [-0.05, 0) is 26.8 Å². The van der Waals surface area contributed by atoms with Gasteiger partial charge in [-0.1, -0.05) is 0 Å². The summed E-state index contributed by atoms with van der Waals surface area (Å²) >= 11 is 0. The fourth-order valence-corrected chi connectivity index (χ4v) is 3.95. The molecule has 3 saturated heterocycles. The van der Waals surface area contributed by atoms with Crippen LogP contribution in [0, 0.1) is 5.92 Å². The van der Waals surface area contributed by atoms with Crippen molar-refractivity contribution in [3.63, 3.8) is 0 Å². The number of carbonyl (C=O) groups is 5. The van der Waals surface area contributed by atoms with Crippen LogP contribution in [-0.4, -0.2) is 96.9 Å². The van der Waals surface area contributed by atoms with Crippen LogP contribution in [0.1, 0.15) is 20.3 Å². The number of carbonyl (C=O) groups excluding carboxylic acids is 5. The Hall–Kier alpha value is -2.37. The first-order valence-electron chi connectivity index (χ1n) is 9.79. The molecule has 11 nitrogen and oxygen atoms in total. The van der Waals surface area contributed by atoms with Gasteiger partial charge in [0.25, 0.3) is 0 Å². The molecule has 0 aromatic rings. The van der Waals surface area contributed by atoms with Crippen LogP contribution in [0.2, 0.25) is 0 Å². The first-order valence-corrected chi connectivity index (χ1v) is 9.79. The first-order chi connectivity index (χ1) is 13.8. The lowest BCUT2D eigenvalue weighted by molar-refractivity contribution is -0.155. The number of ether oxygens (including phenoxy) is 1. The smallest absolute Gasteiger partial charge is 0.310 e. The lowest BCUT2D eigenvalue weighted by atomic mass is 10.0. The molecule has 3 N–H and O–H groups in total. The van der Waals surface area contributed by atoms with Crippen LogP contribution in [0.3, 0.4) is 0 Å². The quantitative estimate of drug-likeness (QED) is 0.314. The molecule has 0 spiro atoms. The van der Waals surface area contributed by atoms with Crippen LogP contribution in [0.25, 0.3) is 0 Å². The Morgan fingerprint density at radius 3 is 2.31 bits per heavy atom. The maximum atomic E-state index is 12.4. The maximum Gasteiger partial charge on any atom is 0.310 e. The molecule has 0 saturated carbocycles. The molecular formula is C18H27N5O6. The highest BCUT2D eigenvalue weighted by molar-refractivity contribution is 6.01. The fraction of sp³-hybridized carbons (Fsp3) is 0.722. The average Bonchev–Trinajstić information content (AvgIpc) is 3.19. The molecule has 0 aliphatic carbocycles. The predicted octanol–water partition coefficient (Wildman–Crippen LogP) is -2.80. The third-order valence-corrected chi connectivity index (χ3v) is 5.84. The topological polar surface area (TPSA) is 137 Å². The van der Waals surface area contributed by atoms with Gasteiger partial charge in [0.1, 0.15) is 12.6 Å². The van der Waals surface area contributed by atoms with Crippen molar-refractivity contribution < 1.29 is 28.7 Å². The van der Waals surface area contributed by atoms with E-state index in [4.69, 9.17) is 4.74 Å². The van der Waals surface area contributed by atoms with Gasteiger partial charge in [0.05, 0.1) is 25.6 Å². The zero-order valence-corrected chi connectivity index (χ0v) is 16.6. The van der Waals surface area contributed by atoms with E-state index in [0.717, 1.165) is 6.54 Å². The van der Waals surface area contributed by atoms with Gasteiger partial charge in [-0.25, -0.2) is 0 Å². The second-order valence-corrected chi connectivity index (χ2v) is 7.78. The highest BCUT2D eigenvalue weighted by Crippen LogP contribution is 2.19. The molecule has 3 aliphatic rings. The van der Waals surface area contributed by atoms with Gasteiger partial charge in [-0.3, -0.25) is 44.4 Å². The van der Waals surface area contributed by atoms with Crippen molar-refractivity contribution in [3.05, 3.63) is 0 Å². The largest absolute Gasteiger partial charge is 0.463 e. The van der Waals surface area contributed by atoms with Crippen LogP contribution in [0.5, 0.6) is 0 Å². The van der Waals surface area contributed by atoms with Crippen LogP contribution in [0.4, 0.5) is 0 Å². The molecule has 4 unspecified atom stereocenters. The van der Waals surface area contributed by atoms with Crippen LogP contribution in [0.15, 0.2) is 0 Å². The number of esters is 1.